The SMILES string of the molecule is COc1ccccc1OC(C)c1nnc(SC(C)C(=O)Nc2ccc(C(F)(F)F)cc2)n1C. The number of alkyl halides is 3. The van der Waals surface area contributed by atoms with E-state index in [1.807, 2.05) is 19.1 Å². The number of hydrogen-bond donors (Lipinski definition) is 1. The number of carbonyl (C=O) groups is 1. The van der Waals surface area contributed by atoms with Crippen LogP contribution in [0.4, 0.5) is 18.9 Å². The number of hydrogen-bond acceptors (Lipinski definition) is 6. The Morgan fingerprint density at radius 2 is 1.70 bits per heavy atom. The Kier molecular flexibility index (Phi) is 7.52. The van der Waals surface area contributed by atoms with Crippen molar-refractivity contribution < 1.29 is 27.4 Å². The van der Waals surface area contributed by atoms with E-state index in [0.717, 1.165) is 12.1 Å². The van der Waals surface area contributed by atoms with Crippen molar-refractivity contribution in [2.45, 2.75) is 36.5 Å². The Morgan fingerprint density at radius 3 is 2.30 bits per heavy atom. The summed E-state index contributed by atoms with van der Waals surface area (Å²) in [4.78, 5) is 12.5. The monoisotopic (exact) mass is 480 g/mol. The molecule has 0 spiro atoms. The Labute approximate surface area is 193 Å². The number of nitrogens with zero attached hydrogens (tertiary/aromatic N) is 3. The van der Waals surface area contributed by atoms with Crippen LogP contribution in [0.15, 0.2) is 53.7 Å². The molecule has 7 nitrogen and oxygen atoms in total. The molecule has 0 saturated carbocycles. The van der Waals surface area contributed by atoms with E-state index in [9.17, 15) is 18.0 Å². The number of methoxy groups -OCH3 is 1. The summed E-state index contributed by atoms with van der Waals surface area (Å²) < 4.78 is 51.1. The number of thioether (sulfide) groups is 1. The van der Waals surface area contributed by atoms with E-state index in [0.29, 0.717) is 22.5 Å². The molecular weight excluding hydrogens is 457 g/mol. The van der Waals surface area contributed by atoms with Gasteiger partial charge in [0.25, 0.3) is 0 Å². The van der Waals surface area contributed by atoms with Crippen molar-refractivity contribution in [3.8, 4) is 11.5 Å². The van der Waals surface area contributed by atoms with Crippen LogP contribution in [0.3, 0.4) is 0 Å². The van der Waals surface area contributed by atoms with E-state index in [2.05, 4.69) is 15.5 Å². The van der Waals surface area contributed by atoms with E-state index in [4.69, 9.17) is 9.47 Å². The van der Waals surface area contributed by atoms with Gasteiger partial charge in [0.15, 0.2) is 28.6 Å². The van der Waals surface area contributed by atoms with Gasteiger partial charge in [0.2, 0.25) is 5.91 Å². The van der Waals surface area contributed by atoms with Gasteiger partial charge in [-0.1, -0.05) is 23.9 Å². The van der Waals surface area contributed by atoms with Gasteiger partial charge >= 0.3 is 6.18 Å². The van der Waals surface area contributed by atoms with Crippen molar-refractivity contribution in [2.75, 3.05) is 12.4 Å². The quantitative estimate of drug-likeness (QED) is 0.452. The lowest BCUT2D eigenvalue weighted by molar-refractivity contribution is -0.137. The largest absolute Gasteiger partial charge is 0.493 e. The minimum Gasteiger partial charge on any atom is -0.493 e. The summed E-state index contributed by atoms with van der Waals surface area (Å²) in [6.45, 7) is 3.50. The van der Waals surface area contributed by atoms with Gasteiger partial charge in [-0.25, -0.2) is 0 Å². The second-order valence-electron chi connectivity index (χ2n) is 7.14. The molecule has 1 amide bonds. The number of aromatic nitrogens is 3. The maximum absolute atomic E-state index is 12.7. The smallest absolute Gasteiger partial charge is 0.416 e. The normalized spacial score (nSPS) is 13.3. The molecule has 0 bridgehead atoms. The van der Waals surface area contributed by atoms with Crippen LogP contribution in [0.5, 0.6) is 11.5 Å². The molecule has 33 heavy (non-hydrogen) atoms. The highest BCUT2D eigenvalue weighted by molar-refractivity contribution is 8.00. The average molecular weight is 481 g/mol. The van der Waals surface area contributed by atoms with Crippen LogP contribution < -0.4 is 14.8 Å². The summed E-state index contributed by atoms with van der Waals surface area (Å²) in [6.07, 6.45) is -4.87. The second-order valence-corrected chi connectivity index (χ2v) is 8.44. The predicted octanol–water partition coefficient (Wildman–Crippen LogP) is 5.10. The van der Waals surface area contributed by atoms with E-state index in [1.165, 1.54) is 23.9 Å². The molecule has 3 rings (SSSR count). The first kappa shape index (κ1) is 24.4. The Hall–Kier alpha value is -3.21. The molecule has 0 saturated heterocycles. The van der Waals surface area contributed by atoms with Gasteiger partial charge in [0, 0.05) is 12.7 Å². The first-order chi connectivity index (χ1) is 15.6. The zero-order chi connectivity index (χ0) is 24.2. The predicted molar refractivity (Wildman–Crippen MR) is 118 cm³/mol. The van der Waals surface area contributed by atoms with Crippen LogP contribution in [0.25, 0.3) is 0 Å². The first-order valence-corrected chi connectivity index (χ1v) is 10.8. The molecule has 11 heteroatoms. The van der Waals surface area contributed by atoms with Crippen LogP contribution in [-0.2, 0) is 18.0 Å². The van der Waals surface area contributed by atoms with Crippen LogP contribution in [0.1, 0.15) is 31.3 Å². The van der Waals surface area contributed by atoms with Crippen LogP contribution in [0.2, 0.25) is 0 Å². The number of anilines is 1. The lowest BCUT2D eigenvalue weighted by atomic mass is 10.2. The summed E-state index contributed by atoms with van der Waals surface area (Å²) >= 11 is 1.17. The minimum atomic E-state index is -4.43. The van der Waals surface area contributed by atoms with E-state index in [-0.39, 0.29) is 11.6 Å². The van der Waals surface area contributed by atoms with Crippen LogP contribution in [-0.4, -0.2) is 33.0 Å². The molecule has 0 fully saturated rings. The number of para-hydroxylation sites is 2. The third kappa shape index (κ3) is 5.98. The molecule has 1 N–H and O–H groups in total. The molecule has 176 valence electrons. The fourth-order valence-electron chi connectivity index (χ4n) is 2.94. The van der Waals surface area contributed by atoms with Crippen molar-refractivity contribution in [3.63, 3.8) is 0 Å². The molecule has 1 aromatic heterocycles. The zero-order valence-corrected chi connectivity index (χ0v) is 19.2. The lowest BCUT2D eigenvalue weighted by Crippen LogP contribution is -2.23. The van der Waals surface area contributed by atoms with E-state index >= 15 is 0 Å². The fraction of sp³-hybridized carbons (Fsp3) is 0.318. The maximum atomic E-state index is 12.7. The highest BCUT2D eigenvalue weighted by atomic mass is 32.2. The molecular formula is C22H23F3N4O3S. The molecule has 2 atom stereocenters. The molecule has 3 aromatic rings. The van der Waals surface area contributed by atoms with Gasteiger partial charge in [-0.15, -0.1) is 10.2 Å². The summed E-state index contributed by atoms with van der Waals surface area (Å²) in [5.74, 6) is 1.34. The first-order valence-electron chi connectivity index (χ1n) is 9.94. The Morgan fingerprint density at radius 1 is 1.06 bits per heavy atom. The summed E-state index contributed by atoms with van der Waals surface area (Å²) in [6, 6.07) is 11.5. The zero-order valence-electron chi connectivity index (χ0n) is 18.4. The number of halogens is 3. The molecule has 1 heterocycles. The van der Waals surface area contributed by atoms with Crippen molar-refractivity contribution in [2.24, 2.45) is 7.05 Å². The lowest BCUT2D eigenvalue weighted by Gasteiger charge is -2.16. The number of ether oxygens (including phenoxy) is 2. The van der Waals surface area contributed by atoms with Gasteiger partial charge in [0.05, 0.1) is 17.9 Å². The third-order valence-electron chi connectivity index (χ3n) is 4.74. The summed E-state index contributed by atoms with van der Waals surface area (Å²) in [5.41, 5.74) is -0.503. The number of nitrogens with one attached hydrogen (secondary N) is 1. The summed E-state index contributed by atoms with van der Waals surface area (Å²) in [7, 11) is 3.32. The molecule has 0 radical (unpaired) electrons. The van der Waals surface area contributed by atoms with Gasteiger partial charge in [-0.2, -0.15) is 13.2 Å². The highest BCUT2D eigenvalue weighted by Gasteiger charge is 2.30. The fourth-order valence-corrected chi connectivity index (χ4v) is 3.76. The molecule has 0 aliphatic carbocycles. The topological polar surface area (TPSA) is 78.3 Å². The molecule has 0 aliphatic rings. The highest BCUT2D eigenvalue weighted by Crippen LogP contribution is 2.32. The average Bonchev–Trinajstić information content (AvgIpc) is 3.14. The Bertz CT molecular complexity index is 1100. The van der Waals surface area contributed by atoms with Gasteiger partial charge < -0.3 is 19.4 Å². The van der Waals surface area contributed by atoms with Gasteiger partial charge in [0.1, 0.15) is 0 Å². The van der Waals surface area contributed by atoms with Gasteiger partial charge in [-0.05, 0) is 50.2 Å². The number of benzene rings is 2. The standard InChI is InChI=1S/C22H23F3N4O3S/c1-13(32-18-8-6-5-7-17(18)31-4)19-27-28-21(29(19)3)33-14(2)20(30)26-16-11-9-15(10-12-16)22(23,24)25/h5-14H,1-4H3,(H,26,30). The molecule has 2 aromatic carbocycles. The maximum Gasteiger partial charge on any atom is 0.416 e. The van der Waals surface area contributed by atoms with Crippen molar-refractivity contribution >= 4 is 23.4 Å². The second kappa shape index (κ2) is 10.2. The number of rotatable bonds is 8. The number of amides is 1. The van der Waals surface area contributed by atoms with Crippen LogP contribution >= 0.6 is 11.8 Å². The van der Waals surface area contributed by atoms with Crippen LogP contribution in [0, 0.1) is 0 Å². The van der Waals surface area contributed by atoms with Crippen molar-refractivity contribution in [1.82, 2.24) is 14.8 Å². The minimum absolute atomic E-state index is 0.276. The molecule has 2 unspecified atom stereocenters. The van der Waals surface area contributed by atoms with Crippen molar-refractivity contribution in [3.05, 3.63) is 59.9 Å². The Balaban J connectivity index is 1.63. The van der Waals surface area contributed by atoms with E-state index in [1.54, 1.807) is 37.8 Å². The van der Waals surface area contributed by atoms with Crippen molar-refractivity contribution in [1.29, 1.82) is 0 Å². The summed E-state index contributed by atoms with van der Waals surface area (Å²) in [5, 5.41) is 10.9. The number of carbonyl (C=O) groups excluding carboxylic acids is 1. The van der Waals surface area contributed by atoms with E-state index < -0.39 is 23.1 Å². The molecule has 0 aliphatic heterocycles. The van der Waals surface area contributed by atoms with Gasteiger partial charge in [-0.3, -0.25) is 4.79 Å². The third-order valence-corrected chi connectivity index (χ3v) is 5.87.